The summed E-state index contributed by atoms with van der Waals surface area (Å²) in [5, 5.41) is 7.31. The lowest BCUT2D eigenvalue weighted by Gasteiger charge is -2.34. The highest BCUT2D eigenvalue weighted by Crippen LogP contribution is 2.33. The summed E-state index contributed by atoms with van der Waals surface area (Å²) in [4.78, 5) is 17.1. The van der Waals surface area contributed by atoms with Crippen LogP contribution < -0.4 is 5.32 Å². The number of aromatic nitrogens is 3. The van der Waals surface area contributed by atoms with Crippen LogP contribution >= 0.6 is 15.9 Å². The van der Waals surface area contributed by atoms with Crippen molar-refractivity contribution in [3.8, 4) is 0 Å². The Hall–Kier alpha value is -2.45. The lowest BCUT2D eigenvalue weighted by Crippen LogP contribution is -2.50. The van der Waals surface area contributed by atoms with Crippen molar-refractivity contribution < 1.29 is 14.3 Å². The monoisotopic (exact) mass is 446 g/mol. The van der Waals surface area contributed by atoms with Gasteiger partial charge >= 0.3 is 6.09 Å². The van der Waals surface area contributed by atoms with Gasteiger partial charge in [-0.2, -0.15) is 5.10 Å². The van der Waals surface area contributed by atoms with Crippen LogP contribution in [0.15, 0.2) is 53.3 Å². The molecule has 8 heteroatoms. The fourth-order valence-corrected chi connectivity index (χ4v) is 3.29. The number of fused-ring (bicyclic) bond motifs is 1. The lowest BCUT2D eigenvalue weighted by molar-refractivity contribution is -0.0411. The van der Waals surface area contributed by atoms with Crippen LogP contribution in [0.3, 0.4) is 0 Å². The molecule has 2 heterocycles. The van der Waals surface area contributed by atoms with E-state index in [0.29, 0.717) is 24.6 Å². The Labute approximate surface area is 172 Å². The molecule has 0 radical (unpaired) electrons. The molecular formula is C20H23BrN4O3. The number of rotatable bonds is 7. The summed E-state index contributed by atoms with van der Waals surface area (Å²) < 4.78 is 14.0. The summed E-state index contributed by atoms with van der Waals surface area (Å²) in [5.41, 5.74) is 0.622. The minimum atomic E-state index is -1.32. The van der Waals surface area contributed by atoms with E-state index < -0.39 is 11.8 Å². The molecule has 0 spiro atoms. The lowest BCUT2D eigenvalue weighted by atomic mass is 9.99. The average Bonchev–Trinajstić information content (AvgIpc) is 3.10. The van der Waals surface area contributed by atoms with Crippen molar-refractivity contribution in [1.82, 2.24) is 19.9 Å². The van der Waals surface area contributed by atoms with Crippen LogP contribution in [0.2, 0.25) is 0 Å². The first-order valence-electron chi connectivity index (χ1n) is 9.10. The quantitative estimate of drug-likeness (QED) is 0.552. The van der Waals surface area contributed by atoms with Crippen molar-refractivity contribution in [2.75, 3.05) is 13.2 Å². The predicted octanol–water partition coefficient (Wildman–Crippen LogP) is 4.11. The van der Waals surface area contributed by atoms with Gasteiger partial charge in [0.1, 0.15) is 5.69 Å². The third-order valence-electron chi connectivity index (χ3n) is 4.06. The molecule has 0 aliphatic rings. The van der Waals surface area contributed by atoms with Gasteiger partial charge in [0.05, 0.1) is 12.8 Å². The Morgan fingerprint density at radius 3 is 2.86 bits per heavy atom. The normalized spacial score (nSPS) is 13.5. The Morgan fingerprint density at radius 2 is 2.14 bits per heavy atom. The number of carbonyl (C=O) groups excluding carboxylic acids is 1. The van der Waals surface area contributed by atoms with Gasteiger partial charge in [-0.25, -0.2) is 14.3 Å². The summed E-state index contributed by atoms with van der Waals surface area (Å²) in [5.74, 6) is 0.218. The van der Waals surface area contributed by atoms with E-state index in [1.165, 1.54) is 0 Å². The van der Waals surface area contributed by atoms with Crippen LogP contribution in [0.5, 0.6) is 0 Å². The van der Waals surface area contributed by atoms with Crippen molar-refractivity contribution in [3.63, 3.8) is 0 Å². The number of nitrogens with one attached hydrogen (secondary N) is 1. The molecule has 7 nitrogen and oxygen atoms in total. The van der Waals surface area contributed by atoms with E-state index in [1.54, 1.807) is 23.0 Å². The number of halogens is 1. The second kappa shape index (κ2) is 8.70. The van der Waals surface area contributed by atoms with Crippen LogP contribution in [0, 0.1) is 5.92 Å². The third-order valence-corrected chi connectivity index (χ3v) is 4.55. The van der Waals surface area contributed by atoms with Gasteiger partial charge in [-0.1, -0.05) is 41.9 Å². The Kier molecular flexibility index (Phi) is 6.31. The topological polar surface area (TPSA) is 77.8 Å². The van der Waals surface area contributed by atoms with E-state index in [0.717, 1.165) is 10.0 Å². The molecule has 0 saturated heterocycles. The molecule has 3 rings (SSSR count). The fourth-order valence-electron chi connectivity index (χ4n) is 2.89. The Morgan fingerprint density at radius 1 is 1.32 bits per heavy atom. The number of alkyl carbamates (subject to hydrolysis) is 1. The summed E-state index contributed by atoms with van der Waals surface area (Å²) in [6.45, 7) is 6.47. The highest BCUT2D eigenvalue weighted by Gasteiger charge is 2.41. The first-order chi connectivity index (χ1) is 13.5. The number of benzene rings is 1. The molecule has 28 heavy (non-hydrogen) atoms. The number of hydrogen-bond acceptors (Lipinski definition) is 5. The molecule has 1 unspecified atom stereocenters. The highest BCUT2D eigenvalue weighted by molar-refractivity contribution is 9.10. The molecule has 148 valence electrons. The summed E-state index contributed by atoms with van der Waals surface area (Å²) >= 11 is 3.50. The van der Waals surface area contributed by atoms with Crippen LogP contribution in [-0.4, -0.2) is 33.9 Å². The van der Waals surface area contributed by atoms with Crippen molar-refractivity contribution in [2.24, 2.45) is 5.92 Å². The van der Waals surface area contributed by atoms with E-state index in [1.807, 2.05) is 51.1 Å². The molecule has 1 atom stereocenters. The molecule has 0 saturated carbocycles. The van der Waals surface area contributed by atoms with Crippen molar-refractivity contribution in [3.05, 3.63) is 64.5 Å². The summed E-state index contributed by atoms with van der Waals surface area (Å²) in [7, 11) is 0. The maximum absolute atomic E-state index is 12.7. The zero-order chi connectivity index (χ0) is 20.1. The molecule has 1 aromatic carbocycles. The van der Waals surface area contributed by atoms with Gasteiger partial charge in [0.2, 0.25) is 5.72 Å². The van der Waals surface area contributed by atoms with E-state index in [4.69, 9.17) is 9.47 Å². The summed E-state index contributed by atoms with van der Waals surface area (Å²) in [6.07, 6.45) is 2.74. The number of carbonyl (C=O) groups is 1. The molecule has 1 amide bonds. The standard InChI is InChI=1S/C20H23BrN4O3/c1-4-28-20(15-7-5-8-16(21)11-15,24-19(26)27-13-14(2)3)17-12-22-18-9-6-10-23-25(17)18/h5-12,14H,4,13H2,1-3H3,(H,24,26). The van der Waals surface area contributed by atoms with Gasteiger partial charge < -0.3 is 9.47 Å². The van der Waals surface area contributed by atoms with Crippen molar-refractivity contribution in [2.45, 2.75) is 26.5 Å². The Balaban J connectivity index is 2.14. The van der Waals surface area contributed by atoms with Gasteiger partial charge in [0, 0.05) is 22.8 Å². The van der Waals surface area contributed by atoms with Crippen LogP contribution in [-0.2, 0) is 15.2 Å². The van der Waals surface area contributed by atoms with E-state index in [9.17, 15) is 4.79 Å². The molecule has 2 aromatic heterocycles. The second-order valence-electron chi connectivity index (χ2n) is 6.68. The van der Waals surface area contributed by atoms with E-state index in [-0.39, 0.29) is 5.92 Å². The SMILES string of the molecule is CCOC(NC(=O)OCC(C)C)(c1cccc(Br)c1)c1cnc2cccnn12. The van der Waals surface area contributed by atoms with E-state index in [2.05, 4.69) is 31.3 Å². The number of hydrogen-bond donors (Lipinski definition) is 1. The molecular weight excluding hydrogens is 424 g/mol. The molecule has 0 fully saturated rings. The maximum atomic E-state index is 12.7. The molecule has 1 N–H and O–H groups in total. The van der Waals surface area contributed by atoms with Crippen molar-refractivity contribution in [1.29, 1.82) is 0 Å². The smallest absolute Gasteiger partial charge is 0.409 e. The van der Waals surface area contributed by atoms with E-state index >= 15 is 0 Å². The van der Waals surface area contributed by atoms with Crippen molar-refractivity contribution >= 4 is 27.7 Å². The Bertz CT molecular complexity index is 959. The zero-order valence-corrected chi connectivity index (χ0v) is 17.6. The molecule has 0 aliphatic carbocycles. The number of ether oxygens (including phenoxy) is 2. The highest BCUT2D eigenvalue weighted by atomic mass is 79.9. The third kappa shape index (κ3) is 4.18. The fraction of sp³-hybridized carbons (Fsp3) is 0.350. The van der Waals surface area contributed by atoms with Crippen LogP contribution in [0.1, 0.15) is 32.0 Å². The summed E-state index contributed by atoms with van der Waals surface area (Å²) in [6, 6.07) is 11.2. The maximum Gasteiger partial charge on any atom is 0.409 e. The zero-order valence-electron chi connectivity index (χ0n) is 16.1. The van der Waals surface area contributed by atoms with Crippen LogP contribution in [0.4, 0.5) is 4.79 Å². The van der Waals surface area contributed by atoms with Gasteiger partial charge in [-0.05, 0) is 37.1 Å². The average molecular weight is 447 g/mol. The minimum absolute atomic E-state index is 0.218. The molecule has 0 aliphatic heterocycles. The van der Waals surface area contributed by atoms with Gasteiger partial charge in [-0.3, -0.25) is 5.32 Å². The van der Waals surface area contributed by atoms with Gasteiger partial charge in [-0.15, -0.1) is 0 Å². The molecule has 3 aromatic rings. The molecule has 0 bridgehead atoms. The number of amides is 1. The predicted molar refractivity (Wildman–Crippen MR) is 109 cm³/mol. The van der Waals surface area contributed by atoms with Crippen LogP contribution in [0.25, 0.3) is 5.65 Å². The largest absolute Gasteiger partial charge is 0.449 e. The number of imidazole rings is 1. The van der Waals surface area contributed by atoms with Gasteiger partial charge in [0.15, 0.2) is 5.65 Å². The second-order valence-corrected chi connectivity index (χ2v) is 7.59. The first-order valence-corrected chi connectivity index (χ1v) is 9.89. The number of nitrogens with zero attached hydrogens (tertiary/aromatic N) is 3. The van der Waals surface area contributed by atoms with Gasteiger partial charge in [0.25, 0.3) is 0 Å². The minimum Gasteiger partial charge on any atom is -0.449 e. The first kappa shape index (κ1) is 20.3.